The maximum absolute atomic E-state index is 4.40. The summed E-state index contributed by atoms with van der Waals surface area (Å²) in [5.41, 5.74) is 0. The quantitative estimate of drug-likeness (QED) is 0.724. The van der Waals surface area contributed by atoms with Crippen LogP contribution in [0.4, 0.5) is 5.82 Å². The van der Waals surface area contributed by atoms with Crippen LogP contribution in [0.25, 0.3) is 0 Å². The summed E-state index contributed by atoms with van der Waals surface area (Å²) in [5.74, 6) is 1.09. The van der Waals surface area contributed by atoms with E-state index in [1.807, 2.05) is 18.3 Å². The minimum absolute atomic E-state index is 0.522. The highest BCUT2D eigenvalue weighted by Gasteiger charge is 2.24. The molecule has 0 unspecified atom stereocenters. The number of nitrogens with one attached hydrogen (secondary N) is 1. The maximum atomic E-state index is 4.40. The van der Waals surface area contributed by atoms with Crippen LogP contribution in [0.5, 0.6) is 0 Å². The van der Waals surface area contributed by atoms with E-state index in [4.69, 9.17) is 0 Å². The van der Waals surface area contributed by atoms with Crippen LogP contribution in [-0.2, 0) is 0 Å². The summed E-state index contributed by atoms with van der Waals surface area (Å²) >= 11 is 0. The Morgan fingerprint density at radius 3 is 2.57 bits per heavy atom. The second-order valence-electron chi connectivity index (χ2n) is 3.95. The standard InChI is InChI=1S/C11H17N3/c1-9-7-12-8-10(2)14(9)11-5-3-4-6-13-11/h3-6,9-10,12H,7-8H2,1-2H3/t9-,10+. The van der Waals surface area contributed by atoms with Gasteiger partial charge in [0.15, 0.2) is 0 Å². The van der Waals surface area contributed by atoms with Crippen LogP contribution in [0.1, 0.15) is 13.8 Å². The van der Waals surface area contributed by atoms with Crippen molar-refractivity contribution >= 4 is 5.82 Å². The Morgan fingerprint density at radius 1 is 1.29 bits per heavy atom. The van der Waals surface area contributed by atoms with E-state index in [0.717, 1.165) is 18.9 Å². The zero-order valence-electron chi connectivity index (χ0n) is 8.77. The lowest BCUT2D eigenvalue weighted by Gasteiger charge is -2.40. The summed E-state index contributed by atoms with van der Waals surface area (Å²) in [5, 5.41) is 3.41. The van der Waals surface area contributed by atoms with E-state index in [1.165, 1.54) is 0 Å². The zero-order valence-corrected chi connectivity index (χ0v) is 8.77. The van der Waals surface area contributed by atoms with Crippen LogP contribution in [0, 0.1) is 0 Å². The summed E-state index contributed by atoms with van der Waals surface area (Å²) in [6, 6.07) is 7.13. The summed E-state index contributed by atoms with van der Waals surface area (Å²) < 4.78 is 0. The average Bonchev–Trinajstić information content (AvgIpc) is 2.19. The molecule has 14 heavy (non-hydrogen) atoms. The zero-order chi connectivity index (χ0) is 9.97. The monoisotopic (exact) mass is 191 g/mol. The molecular formula is C11H17N3. The Morgan fingerprint density at radius 2 is 2.00 bits per heavy atom. The summed E-state index contributed by atoms with van der Waals surface area (Å²) in [6.07, 6.45) is 1.86. The highest BCUT2D eigenvalue weighted by Crippen LogP contribution is 2.18. The van der Waals surface area contributed by atoms with Gasteiger partial charge in [0.2, 0.25) is 0 Å². The molecular weight excluding hydrogens is 174 g/mol. The first-order valence-electron chi connectivity index (χ1n) is 5.19. The SMILES string of the molecule is C[C@@H]1CNC[C@H](C)N1c1ccccn1. The third-order valence-electron chi connectivity index (χ3n) is 2.74. The molecule has 0 aliphatic carbocycles. The van der Waals surface area contributed by atoms with Gasteiger partial charge in [0.1, 0.15) is 5.82 Å². The molecule has 1 aliphatic rings. The third kappa shape index (κ3) is 1.73. The molecule has 2 atom stereocenters. The summed E-state index contributed by atoms with van der Waals surface area (Å²) in [7, 11) is 0. The van der Waals surface area contributed by atoms with Gasteiger partial charge >= 0.3 is 0 Å². The Labute approximate surface area is 85.1 Å². The van der Waals surface area contributed by atoms with Crippen LogP contribution in [0.2, 0.25) is 0 Å². The average molecular weight is 191 g/mol. The third-order valence-corrected chi connectivity index (χ3v) is 2.74. The van der Waals surface area contributed by atoms with Gasteiger partial charge < -0.3 is 10.2 Å². The fraction of sp³-hybridized carbons (Fsp3) is 0.545. The molecule has 1 aromatic heterocycles. The first-order valence-corrected chi connectivity index (χ1v) is 5.19. The summed E-state index contributed by atoms with van der Waals surface area (Å²) in [6.45, 7) is 6.55. The Balaban J connectivity index is 2.23. The fourth-order valence-corrected chi connectivity index (χ4v) is 2.09. The molecule has 3 nitrogen and oxygen atoms in total. The van der Waals surface area contributed by atoms with Gasteiger partial charge in [0, 0.05) is 31.4 Å². The second kappa shape index (κ2) is 3.96. The molecule has 0 amide bonds. The number of pyridine rings is 1. The molecule has 1 N–H and O–H groups in total. The highest BCUT2D eigenvalue weighted by atomic mass is 15.3. The largest absolute Gasteiger partial charge is 0.349 e. The van der Waals surface area contributed by atoms with Crippen molar-refractivity contribution in [1.82, 2.24) is 10.3 Å². The van der Waals surface area contributed by atoms with Crippen LogP contribution in [0.3, 0.4) is 0 Å². The highest BCUT2D eigenvalue weighted by molar-refractivity contribution is 5.41. The van der Waals surface area contributed by atoms with Crippen molar-refractivity contribution in [3.05, 3.63) is 24.4 Å². The van der Waals surface area contributed by atoms with Gasteiger partial charge in [-0.3, -0.25) is 0 Å². The summed E-state index contributed by atoms with van der Waals surface area (Å²) in [4.78, 5) is 6.79. The number of nitrogens with zero attached hydrogens (tertiary/aromatic N) is 2. The molecule has 2 heterocycles. The molecule has 0 spiro atoms. The van der Waals surface area contributed by atoms with Crippen molar-refractivity contribution in [3.63, 3.8) is 0 Å². The molecule has 1 aromatic rings. The van der Waals surface area contributed by atoms with Crippen molar-refractivity contribution < 1.29 is 0 Å². The van der Waals surface area contributed by atoms with Crippen molar-refractivity contribution in [3.8, 4) is 0 Å². The van der Waals surface area contributed by atoms with Gasteiger partial charge in [0.05, 0.1) is 0 Å². The first kappa shape index (κ1) is 9.46. The number of piperazine rings is 1. The molecule has 0 aromatic carbocycles. The first-order chi connectivity index (χ1) is 6.79. The number of rotatable bonds is 1. The van der Waals surface area contributed by atoms with Crippen molar-refractivity contribution in [2.24, 2.45) is 0 Å². The molecule has 2 rings (SSSR count). The van der Waals surface area contributed by atoms with E-state index in [1.54, 1.807) is 0 Å². The van der Waals surface area contributed by atoms with E-state index < -0.39 is 0 Å². The van der Waals surface area contributed by atoms with E-state index in [-0.39, 0.29) is 0 Å². The molecule has 0 bridgehead atoms. The van der Waals surface area contributed by atoms with E-state index in [9.17, 15) is 0 Å². The normalized spacial score (nSPS) is 27.7. The number of hydrogen-bond acceptors (Lipinski definition) is 3. The topological polar surface area (TPSA) is 28.2 Å². The predicted molar refractivity (Wildman–Crippen MR) is 58.5 cm³/mol. The molecule has 0 radical (unpaired) electrons. The molecule has 1 fully saturated rings. The lowest BCUT2D eigenvalue weighted by atomic mass is 10.1. The number of hydrogen-bond donors (Lipinski definition) is 1. The van der Waals surface area contributed by atoms with E-state index >= 15 is 0 Å². The van der Waals surface area contributed by atoms with Gasteiger partial charge in [-0.2, -0.15) is 0 Å². The number of aromatic nitrogens is 1. The molecule has 1 saturated heterocycles. The maximum Gasteiger partial charge on any atom is 0.129 e. The Bertz CT molecular complexity index is 276. The predicted octanol–water partition coefficient (Wildman–Crippen LogP) is 1.27. The minimum Gasteiger partial charge on any atom is -0.349 e. The molecule has 1 aliphatic heterocycles. The van der Waals surface area contributed by atoms with Gasteiger partial charge in [-0.05, 0) is 26.0 Å². The van der Waals surface area contributed by atoms with Crippen LogP contribution < -0.4 is 10.2 Å². The van der Waals surface area contributed by atoms with Crippen molar-refractivity contribution in [2.45, 2.75) is 25.9 Å². The van der Waals surface area contributed by atoms with Crippen molar-refractivity contribution in [2.75, 3.05) is 18.0 Å². The van der Waals surface area contributed by atoms with Crippen molar-refractivity contribution in [1.29, 1.82) is 0 Å². The molecule has 76 valence electrons. The van der Waals surface area contributed by atoms with Gasteiger partial charge in [-0.25, -0.2) is 4.98 Å². The smallest absolute Gasteiger partial charge is 0.129 e. The van der Waals surface area contributed by atoms with Gasteiger partial charge in [-0.15, -0.1) is 0 Å². The Hall–Kier alpha value is -1.09. The number of anilines is 1. The van der Waals surface area contributed by atoms with Crippen LogP contribution >= 0.6 is 0 Å². The lowest BCUT2D eigenvalue weighted by Crippen LogP contribution is -2.55. The fourth-order valence-electron chi connectivity index (χ4n) is 2.09. The van der Waals surface area contributed by atoms with Gasteiger partial charge in [0.25, 0.3) is 0 Å². The molecule has 0 saturated carbocycles. The Kier molecular flexibility index (Phi) is 2.68. The van der Waals surface area contributed by atoms with Crippen LogP contribution in [0.15, 0.2) is 24.4 Å². The van der Waals surface area contributed by atoms with Gasteiger partial charge in [-0.1, -0.05) is 6.07 Å². The van der Waals surface area contributed by atoms with E-state index in [2.05, 4.69) is 35.1 Å². The second-order valence-corrected chi connectivity index (χ2v) is 3.95. The van der Waals surface area contributed by atoms with Crippen LogP contribution in [-0.4, -0.2) is 30.2 Å². The van der Waals surface area contributed by atoms with E-state index in [0.29, 0.717) is 12.1 Å². The lowest BCUT2D eigenvalue weighted by molar-refractivity contribution is 0.429. The molecule has 3 heteroatoms. The minimum atomic E-state index is 0.522.